The highest BCUT2D eigenvalue weighted by Crippen LogP contribution is 2.40. The molecule has 2 saturated heterocycles. The second kappa shape index (κ2) is 7.38. The molecular formula is C23H29N5O2S. The van der Waals surface area contributed by atoms with Crippen LogP contribution < -0.4 is 4.90 Å². The van der Waals surface area contributed by atoms with Crippen molar-refractivity contribution in [2.24, 2.45) is 5.41 Å². The van der Waals surface area contributed by atoms with Crippen LogP contribution in [0.2, 0.25) is 0 Å². The van der Waals surface area contributed by atoms with Gasteiger partial charge in [-0.05, 0) is 18.1 Å². The van der Waals surface area contributed by atoms with E-state index in [1.54, 1.807) is 6.26 Å². The van der Waals surface area contributed by atoms with Crippen LogP contribution in [0, 0.1) is 5.41 Å². The molecule has 4 heterocycles. The Morgan fingerprint density at radius 3 is 2.61 bits per heavy atom. The van der Waals surface area contributed by atoms with E-state index in [2.05, 4.69) is 30.2 Å². The van der Waals surface area contributed by atoms with Gasteiger partial charge in [-0.15, -0.1) is 0 Å². The van der Waals surface area contributed by atoms with E-state index in [0.717, 1.165) is 66.0 Å². The molecule has 2 aliphatic rings. The highest BCUT2D eigenvalue weighted by molar-refractivity contribution is 7.84. The fourth-order valence-electron chi connectivity index (χ4n) is 4.44. The van der Waals surface area contributed by atoms with E-state index in [4.69, 9.17) is 19.7 Å². The summed E-state index contributed by atoms with van der Waals surface area (Å²) in [7, 11) is -1.05. The second-order valence-electron chi connectivity index (χ2n) is 9.89. The summed E-state index contributed by atoms with van der Waals surface area (Å²) in [6, 6.07) is 7.86. The van der Waals surface area contributed by atoms with E-state index in [0.29, 0.717) is 6.54 Å². The first kappa shape index (κ1) is 20.6. The highest BCUT2D eigenvalue weighted by Gasteiger charge is 2.45. The average molecular weight is 440 g/mol. The monoisotopic (exact) mass is 439 g/mol. The smallest absolute Gasteiger partial charge is 0.166 e. The van der Waals surface area contributed by atoms with Gasteiger partial charge in [-0.2, -0.15) is 0 Å². The fraction of sp³-hybridized carbons (Fsp3) is 0.522. The minimum atomic E-state index is -1.05. The number of imidazole rings is 1. The lowest BCUT2D eigenvalue weighted by Crippen LogP contribution is -2.44. The summed E-state index contributed by atoms with van der Waals surface area (Å²) in [5.41, 5.74) is 2.77. The quantitative estimate of drug-likeness (QED) is 0.622. The van der Waals surface area contributed by atoms with Crippen molar-refractivity contribution in [3.8, 4) is 0 Å². The van der Waals surface area contributed by atoms with Crippen molar-refractivity contribution in [1.29, 1.82) is 0 Å². The van der Waals surface area contributed by atoms with E-state index >= 15 is 0 Å². The first-order chi connectivity index (χ1) is 14.8. The summed E-state index contributed by atoms with van der Waals surface area (Å²) in [4.78, 5) is 17.9. The van der Waals surface area contributed by atoms with Gasteiger partial charge < -0.3 is 14.2 Å². The molecule has 31 heavy (non-hydrogen) atoms. The molecule has 1 aromatic carbocycles. The zero-order chi connectivity index (χ0) is 21.8. The van der Waals surface area contributed by atoms with Crippen LogP contribution in [0.25, 0.3) is 11.2 Å². The van der Waals surface area contributed by atoms with Gasteiger partial charge in [0.1, 0.15) is 5.82 Å². The third-order valence-electron chi connectivity index (χ3n) is 6.29. The maximum atomic E-state index is 12.2. The average Bonchev–Trinajstić information content (AvgIpc) is 3.32. The minimum Gasteiger partial charge on any atom is -0.380 e. The van der Waals surface area contributed by atoms with Crippen LogP contribution in [0.1, 0.15) is 38.6 Å². The number of benzene rings is 1. The van der Waals surface area contributed by atoms with Crippen molar-refractivity contribution >= 4 is 27.8 Å². The van der Waals surface area contributed by atoms with Crippen LogP contribution in [0.5, 0.6) is 0 Å². The Balaban J connectivity index is 1.59. The van der Waals surface area contributed by atoms with Gasteiger partial charge in [0.05, 0.1) is 36.9 Å². The molecule has 2 fully saturated rings. The summed E-state index contributed by atoms with van der Waals surface area (Å²) in [5.74, 6) is 1.74. The Morgan fingerprint density at radius 2 is 1.97 bits per heavy atom. The zero-order valence-electron chi connectivity index (χ0n) is 18.6. The van der Waals surface area contributed by atoms with Crippen LogP contribution in [0.4, 0.5) is 5.82 Å². The van der Waals surface area contributed by atoms with Gasteiger partial charge in [-0.3, -0.25) is 4.21 Å². The Hall–Kier alpha value is -2.32. The molecule has 0 amide bonds. The van der Waals surface area contributed by atoms with Crippen molar-refractivity contribution < 1.29 is 8.95 Å². The molecule has 3 aromatic rings. The summed E-state index contributed by atoms with van der Waals surface area (Å²) in [6.07, 6.45) is 4.68. The lowest BCUT2D eigenvalue weighted by Gasteiger charge is -2.37. The van der Waals surface area contributed by atoms with Crippen LogP contribution in [0.3, 0.4) is 0 Å². The van der Waals surface area contributed by atoms with Crippen LogP contribution in [-0.2, 0) is 27.5 Å². The Morgan fingerprint density at radius 1 is 1.19 bits per heavy atom. The molecule has 0 saturated carbocycles. The van der Waals surface area contributed by atoms with Crippen molar-refractivity contribution in [3.63, 3.8) is 0 Å². The predicted octanol–water partition coefficient (Wildman–Crippen LogP) is 3.14. The molecule has 2 aromatic heterocycles. The van der Waals surface area contributed by atoms with E-state index in [1.165, 1.54) is 0 Å². The van der Waals surface area contributed by atoms with Crippen LogP contribution in [-0.4, -0.2) is 56.3 Å². The molecule has 0 radical (unpaired) electrons. The number of hydrogen-bond acceptors (Lipinski definition) is 6. The van der Waals surface area contributed by atoms with Gasteiger partial charge in [-0.1, -0.05) is 39.0 Å². The van der Waals surface area contributed by atoms with Crippen molar-refractivity contribution in [3.05, 3.63) is 42.0 Å². The van der Waals surface area contributed by atoms with Gasteiger partial charge in [0, 0.05) is 35.1 Å². The summed E-state index contributed by atoms with van der Waals surface area (Å²) in [6.45, 7) is 10.6. The Bertz CT molecular complexity index is 1160. The molecule has 1 spiro atoms. The number of aromatic nitrogens is 4. The first-order valence-electron chi connectivity index (χ1n) is 10.7. The first-order valence-corrected chi connectivity index (χ1v) is 12.3. The Kier molecular flexibility index (Phi) is 4.90. The fourth-order valence-corrected chi connectivity index (χ4v) is 5.21. The van der Waals surface area contributed by atoms with Crippen molar-refractivity contribution in [2.75, 3.05) is 37.5 Å². The normalized spacial score (nSPS) is 19.2. The number of nitrogens with zero attached hydrogens (tertiary/aromatic N) is 5. The molecule has 0 bridgehead atoms. The van der Waals surface area contributed by atoms with Gasteiger partial charge >= 0.3 is 0 Å². The lowest BCUT2D eigenvalue weighted by atomic mass is 9.85. The Labute approximate surface area is 185 Å². The van der Waals surface area contributed by atoms with E-state index < -0.39 is 10.8 Å². The molecule has 0 N–H and O–H groups in total. The summed E-state index contributed by atoms with van der Waals surface area (Å²) < 4.78 is 19.8. The number of ether oxygens (including phenoxy) is 1. The standard InChI is InChI=1S/C23H29N5O2S/c1-22(2,3)21-25-19(27-10-9-23(12-27)13-30-14-23)18-20(26-21)28(15-24-18)11-16-7-5-6-8-17(16)31(4)29/h5-8,15H,9-14H2,1-4H3. The van der Waals surface area contributed by atoms with Crippen molar-refractivity contribution in [2.45, 2.75) is 44.0 Å². The zero-order valence-corrected chi connectivity index (χ0v) is 19.4. The summed E-state index contributed by atoms with van der Waals surface area (Å²) in [5, 5.41) is 0. The second-order valence-corrected chi connectivity index (χ2v) is 11.2. The van der Waals surface area contributed by atoms with Gasteiger partial charge in [0.25, 0.3) is 0 Å². The molecule has 2 aliphatic heterocycles. The third-order valence-corrected chi connectivity index (χ3v) is 7.31. The van der Waals surface area contributed by atoms with Crippen LogP contribution in [0.15, 0.2) is 35.5 Å². The molecular weight excluding hydrogens is 410 g/mol. The molecule has 7 nitrogen and oxygen atoms in total. The minimum absolute atomic E-state index is 0.183. The van der Waals surface area contributed by atoms with Gasteiger partial charge in [-0.25, -0.2) is 15.0 Å². The van der Waals surface area contributed by atoms with Crippen molar-refractivity contribution in [1.82, 2.24) is 19.5 Å². The largest absolute Gasteiger partial charge is 0.380 e. The molecule has 0 aliphatic carbocycles. The number of fused-ring (bicyclic) bond motifs is 1. The molecule has 8 heteroatoms. The van der Waals surface area contributed by atoms with Gasteiger partial charge in [0.15, 0.2) is 17.0 Å². The van der Waals surface area contributed by atoms with Crippen LogP contribution >= 0.6 is 0 Å². The predicted molar refractivity (Wildman–Crippen MR) is 122 cm³/mol. The van der Waals surface area contributed by atoms with Gasteiger partial charge in [0.2, 0.25) is 0 Å². The number of anilines is 1. The highest BCUT2D eigenvalue weighted by atomic mass is 32.2. The molecule has 164 valence electrons. The molecule has 5 rings (SSSR count). The number of hydrogen-bond donors (Lipinski definition) is 0. The SMILES string of the molecule is CS(=O)c1ccccc1Cn1cnc2c(N3CCC4(COC4)C3)nc(C(C)(C)C)nc21. The maximum Gasteiger partial charge on any atom is 0.166 e. The third kappa shape index (κ3) is 3.65. The van der Waals surface area contributed by atoms with E-state index in [1.807, 2.05) is 30.6 Å². The van der Waals surface area contributed by atoms with E-state index in [9.17, 15) is 4.21 Å². The van der Waals surface area contributed by atoms with E-state index in [-0.39, 0.29) is 10.8 Å². The topological polar surface area (TPSA) is 73.1 Å². The molecule has 1 atom stereocenters. The lowest BCUT2D eigenvalue weighted by molar-refractivity contribution is -0.0985. The summed E-state index contributed by atoms with van der Waals surface area (Å²) >= 11 is 0. The number of rotatable bonds is 4. The maximum absolute atomic E-state index is 12.2. The molecule has 1 unspecified atom stereocenters.